The molecule has 2 aromatic heterocycles. The minimum Gasteiger partial charge on any atom is -0.279 e. The van der Waals surface area contributed by atoms with Crippen molar-refractivity contribution in [2.45, 2.75) is 18.4 Å². The van der Waals surface area contributed by atoms with Crippen molar-refractivity contribution in [3.63, 3.8) is 0 Å². The zero-order valence-corrected chi connectivity index (χ0v) is 11.9. The van der Waals surface area contributed by atoms with Gasteiger partial charge < -0.3 is 0 Å². The molecule has 0 aliphatic rings. The molecule has 0 unspecified atom stereocenters. The third-order valence-electron chi connectivity index (χ3n) is 2.15. The van der Waals surface area contributed by atoms with Crippen molar-refractivity contribution in [3.05, 3.63) is 16.7 Å². The SMILES string of the molecule is CC#CCCNS(=O)(=O)c1c(Cl)nc2sccn12. The lowest BCUT2D eigenvalue weighted by Gasteiger charge is -2.03. The number of aromatic nitrogens is 2. The number of fused-ring (bicyclic) bond motifs is 1. The highest BCUT2D eigenvalue weighted by atomic mass is 35.5. The van der Waals surface area contributed by atoms with Gasteiger partial charge in [0.1, 0.15) is 0 Å². The largest absolute Gasteiger partial charge is 0.279 e. The van der Waals surface area contributed by atoms with Gasteiger partial charge in [-0.2, -0.15) is 0 Å². The van der Waals surface area contributed by atoms with Gasteiger partial charge in [0.2, 0.25) is 0 Å². The molecule has 5 nitrogen and oxygen atoms in total. The Morgan fingerprint density at radius 1 is 1.61 bits per heavy atom. The summed E-state index contributed by atoms with van der Waals surface area (Å²) in [7, 11) is -3.67. The van der Waals surface area contributed by atoms with Crippen molar-refractivity contribution in [1.82, 2.24) is 14.1 Å². The van der Waals surface area contributed by atoms with Crippen LogP contribution in [0, 0.1) is 11.8 Å². The second-order valence-corrected chi connectivity index (χ2v) is 6.25. The predicted molar refractivity (Wildman–Crippen MR) is 71.3 cm³/mol. The predicted octanol–water partition coefficient (Wildman–Crippen LogP) is 1.74. The van der Waals surface area contributed by atoms with E-state index in [0.717, 1.165) is 0 Å². The molecule has 0 spiro atoms. The van der Waals surface area contributed by atoms with Crippen LogP contribution in [0.2, 0.25) is 5.15 Å². The van der Waals surface area contributed by atoms with E-state index in [1.165, 1.54) is 15.7 Å². The number of rotatable bonds is 4. The van der Waals surface area contributed by atoms with Crippen molar-refractivity contribution >= 4 is 37.9 Å². The van der Waals surface area contributed by atoms with Gasteiger partial charge in [-0.25, -0.2) is 18.1 Å². The third kappa shape index (κ3) is 2.52. The quantitative estimate of drug-likeness (QED) is 0.691. The van der Waals surface area contributed by atoms with Crippen LogP contribution in [-0.2, 0) is 10.0 Å². The Kier molecular flexibility index (Phi) is 3.92. The molecule has 0 atom stereocenters. The smallest absolute Gasteiger partial charge is 0.259 e. The molecule has 0 aliphatic heterocycles. The Balaban J connectivity index is 2.30. The van der Waals surface area contributed by atoms with Gasteiger partial charge >= 0.3 is 0 Å². The summed E-state index contributed by atoms with van der Waals surface area (Å²) in [6, 6.07) is 0. The van der Waals surface area contributed by atoms with Crippen molar-refractivity contribution in [1.29, 1.82) is 0 Å². The molecule has 0 saturated carbocycles. The lowest BCUT2D eigenvalue weighted by molar-refractivity contribution is 0.577. The van der Waals surface area contributed by atoms with Gasteiger partial charge in [-0.1, -0.05) is 11.6 Å². The van der Waals surface area contributed by atoms with E-state index >= 15 is 0 Å². The van der Waals surface area contributed by atoms with E-state index < -0.39 is 10.0 Å². The lowest BCUT2D eigenvalue weighted by atomic mass is 10.4. The standard InChI is InChI=1S/C10H10ClN3O2S2/c1-2-3-4-5-12-18(15,16)9-8(11)13-10-14(9)6-7-17-10/h6-7,12H,4-5H2,1H3. The summed E-state index contributed by atoms with van der Waals surface area (Å²) in [5.74, 6) is 5.48. The Morgan fingerprint density at radius 2 is 2.39 bits per heavy atom. The van der Waals surface area contributed by atoms with Crippen molar-refractivity contribution in [2.24, 2.45) is 0 Å². The molecule has 96 valence electrons. The minimum absolute atomic E-state index is 0.0177. The molecule has 0 fully saturated rings. The van der Waals surface area contributed by atoms with Gasteiger partial charge in [0.05, 0.1) is 0 Å². The number of hydrogen-bond acceptors (Lipinski definition) is 4. The molecule has 0 aliphatic carbocycles. The summed E-state index contributed by atoms with van der Waals surface area (Å²) in [6.45, 7) is 1.95. The Hall–Kier alpha value is -1.07. The summed E-state index contributed by atoms with van der Waals surface area (Å²) in [4.78, 5) is 4.53. The van der Waals surface area contributed by atoms with E-state index in [1.54, 1.807) is 18.5 Å². The minimum atomic E-state index is -3.67. The summed E-state index contributed by atoms with van der Waals surface area (Å²) < 4.78 is 28.1. The molecule has 8 heteroatoms. The number of nitrogens with zero attached hydrogens (tertiary/aromatic N) is 2. The first-order valence-electron chi connectivity index (χ1n) is 5.06. The Morgan fingerprint density at radius 3 is 3.11 bits per heavy atom. The van der Waals surface area contributed by atoms with E-state index in [2.05, 4.69) is 21.5 Å². The van der Waals surface area contributed by atoms with Gasteiger partial charge in [-0.05, 0) is 6.92 Å². The molecule has 0 bridgehead atoms. The highest BCUT2D eigenvalue weighted by Gasteiger charge is 2.24. The van der Waals surface area contributed by atoms with Crippen molar-refractivity contribution < 1.29 is 8.42 Å². The molecule has 0 radical (unpaired) electrons. The number of hydrogen-bond donors (Lipinski definition) is 1. The Bertz CT molecular complexity index is 721. The zero-order valence-electron chi connectivity index (χ0n) is 9.47. The van der Waals surface area contributed by atoms with Gasteiger partial charge in [0.25, 0.3) is 10.0 Å². The third-order valence-corrected chi connectivity index (χ3v) is 4.77. The van der Waals surface area contributed by atoms with Crippen LogP contribution in [0.15, 0.2) is 16.6 Å². The maximum absolute atomic E-state index is 12.1. The number of halogens is 1. The first kappa shape index (κ1) is 13.4. The normalized spacial score (nSPS) is 11.4. The highest BCUT2D eigenvalue weighted by Crippen LogP contribution is 2.24. The number of imidazole rings is 1. The summed E-state index contributed by atoms with van der Waals surface area (Å²) in [5, 5.41) is 1.71. The molecule has 18 heavy (non-hydrogen) atoms. The molecule has 0 amide bonds. The second-order valence-electron chi connectivity index (χ2n) is 3.34. The fourth-order valence-corrected chi connectivity index (χ4v) is 3.90. The molecular formula is C10H10ClN3O2S2. The summed E-state index contributed by atoms with van der Waals surface area (Å²) >= 11 is 7.18. The summed E-state index contributed by atoms with van der Waals surface area (Å²) in [6.07, 6.45) is 2.08. The van der Waals surface area contributed by atoms with Crippen LogP contribution in [0.5, 0.6) is 0 Å². The van der Waals surface area contributed by atoms with Crippen LogP contribution in [0.1, 0.15) is 13.3 Å². The van der Waals surface area contributed by atoms with Crippen molar-refractivity contribution in [3.8, 4) is 11.8 Å². The topological polar surface area (TPSA) is 63.5 Å². The van der Waals surface area contributed by atoms with E-state index in [1.807, 2.05) is 0 Å². The Labute approximate surface area is 114 Å². The van der Waals surface area contributed by atoms with E-state index in [-0.39, 0.29) is 16.7 Å². The average Bonchev–Trinajstić information content (AvgIpc) is 2.83. The maximum Gasteiger partial charge on any atom is 0.259 e. The molecule has 0 saturated heterocycles. The fourth-order valence-electron chi connectivity index (χ4n) is 1.42. The molecule has 1 N–H and O–H groups in total. The van der Waals surface area contributed by atoms with Crippen LogP contribution in [0.4, 0.5) is 0 Å². The lowest BCUT2D eigenvalue weighted by Crippen LogP contribution is -2.25. The molecule has 2 aromatic rings. The van der Waals surface area contributed by atoms with Gasteiger partial charge in [-0.3, -0.25) is 4.40 Å². The van der Waals surface area contributed by atoms with E-state index in [4.69, 9.17) is 11.6 Å². The van der Waals surface area contributed by atoms with Crippen LogP contribution in [-0.4, -0.2) is 24.3 Å². The first-order chi connectivity index (χ1) is 8.56. The molecule has 0 aromatic carbocycles. The average molecular weight is 304 g/mol. The number of thiazole rings is 1. The van der Waals surface area contributed by atoms with Gasteiger partial charge in [0.15, 0.2) is 15.1 Å². The number of nitrogens with one attached hydrogen (secondary N) is 1. The van der Waals surface area contributed by atoms with Crippen molar-refractivity contribution in [2.75, 3.05) is 6.54 Å². The van der Waals surface area contributed by atoms with Crippen LogP contribution in [0.25, 0.3) is 4.96 Å². The fraction of sp³-hybridized carbons (Fsp3) is 0.300. The maximum atomic E-state index is 12.1. The molecular weight excluding hydrogens is 294 g/mol. The zero-order chi connectivity index (χ0) is 13.2. The van der Waals surface area contributed by atoms with Gasteiger partial charge in [0, 0.05) is 24.5 Å². The molecule has 2 heterocycles. The van der Waals surface area contributed by atoms with Gasteiger partial charge in [-0.15, -0.1) is 23.2 Å². The second kappa shape index (κ2) is 5.28. The first-order valence-corrected chi connectivity index (χ1v) is 7.80. The number of sulfonamides is 1. The van der Waals surface area contributed by atoms with Crippen LogP contribution in [0.3, 0.4) is 0 Å². The highest BCUT2D eigenvalue weighted by molar-refractivity contribution is 7.89. The van der Waals surface area contributed by atoms with Crippen LogP contribution < -0.4 is 4.72 Å². The van der Waals surface area contributed by atoms with E-state index in [9.17, 15) is 8.42 Å². The monoisotopic (exact) mass is 303 g/mol. The molecule has 2 rings (SSSR count). The van der Waals surface area contributed by atoms with E-state index in [0.29, 0.717) is 11.4 Å². The summed E-state index contributed by atoms with van der Waals surface area (Å²) in [5.41, 5.74) is 0. The van der Waals surface area contributed by atoms with Crippen LogP contribution >= 0.6 is 22.9 Å².